The summed E-state index contributed by atoms with van der Waals surface area (Å²) in [4.78, 5) is 19.0. The first kappa shape index (κ1) is 10.5. The Morgan fingerprint density at radius 2 is 2.39 bits per heavy atom. The molecular weight excluding hydrogens is 234 g/mol. The molecule has 0 spiro atoms. The molecule has 0 unspecified atom stereocenters. The number of H-pyrrole nitrogens is 1. The number of hydrogen-bond donors (Lipinski definition) is 1. The van der Waals surface area contributed by atoms with Gasteiger partial charge in [0.1, 0.15) is 11.1 Å². The number of carbonyl (C=O) groups excluding carboxylic acids is 1. The highest BCUT2D eigenvalue weighted by molar-refractivity contribution is 6.02. The molecule has 0 amide bonds. The summed E-state index contributed by atoms with van der Waals surface area (Å²) in [6.07, 6.45) is 3.18. The molecular formula is C12H9N3O3. The summed E-state index contributed by atoms with van der Waals surface area (Å²) in [5.41, 5.74) is 2.35. The van der Waals surface area contributed by atoms with Crippen molar-refractivity contribution in [2.24, 2.45) is 0 Å². The van der Waals surface area contributed by atoms with Gasteiger partial charge in [-0.25, -0.2) is 4.79 Å². The molecule has 3 aromatic heterocycles. The van der Waals surface area contributed by atoms with Crippen LogP contribution in [0.2, 0.25) is 0 Å². The minimum atomic E-state index is -0.531. The minimum Gasteiger partial charge on any atom is -0.387 e. The molecule has 0 saturated carbocycles. The van der Waals surface area contributed by atoms with Crippen molar-refractivity contribution >= 4 is 17.0 Å². The summed E-state index contributed by atoms with van der Waals surface area (Å²) >= 11 is 0. The van der Waals surface area contributed by atoms with Crippen molar-refractivity contribution in [3.05, 3.63) is 41.9 Å². The SMILES string of the molecule is Cc1cc(OC(=O)c2c[nH]c3cccnc23)on1. The van der Waals surface area contributed by atoms with Gasteiger partial charge in [0.25, 0.3) is 0 Å². The second kappa shape index (κ2) is 3.99. The van der Waals surface area contributed by atoms with Gasteiger partial charge in [-0.2, -0.15) is 0 Å². The van der Waals surface area contributed by atoms with E-state index in [-0.39, 0.29) is 5.95 Å². The van der Waals surface area contributed by atoms with Gasteiger partial charge in [-0.1, -0.05) is 5.16 Å². The number of aryl methyl sites for hydroxylation is 1. The van der Waals surface area contributed by atoms with E-state index < -0.39 is 5.97 Å². The molecule has 0 saturated heterocycles. The first-order valence-corrected chi connectivity index (χ1v) is 5.31. The monoisotopic (exact) mass is 243 g/mol. The van der Waals surface area contributed by atoms with Crippen molar-refractivity contribution in [1.29, 1.82) is 0 Å². The Bertz CT molecular complexity index is 714. The number of nitrogens with one attached hydrogen (secondary N) is 1. The van der Waals surface area contributed by atoms with E-state index in [1.807, 2.05) is 6.07 Å². The fraction of sp³-hybridized carbons (Fsp3) is 0.0833. The molecule has 0 bridgehead atoms. The average Bonchev–Trinajstić information content (AvgIpc) is 2.95. The van der Waals surface area contributed by atoms with Crippen molar-refractivity contribution in [2.75, 3.05) is 0 Å². The standard InChI is InChI=1S/C12H9N3O3/c1-7-5-10(18-15-7)17-12(16)8-6-14-9-3-2-4-13-11(8)9/h2-6,14H,1H3. The van der Waals surface area contributed by atoms with E-state index >= 15 is 0 Å². The molecule has 6 heteroatoms. The number of aromatic nitrogens is 3. The van der Waals surface area contributed by atoms with Gasteiger partial charge in [0.05, 0.1) is 11.2 Å². The highest BCUT2D eigenvalue weighted by atomic mass is 16.6. The Morgan fingerprint density at radius 1 is 1.50 bits per heavy atom. The van der Waals surface area contributed by atoms with E-state index in [9.17, 15) is 4.79 Å². The van der Waals surface area contributed by atoms with Crippen LogP contribution in [-0.2, 0) is 0 Å². The van der Waals surface area contributed by atoms with Gasteiger partial charge >= 0.3 is 11.9 Å². The average molecular weight is 243 g/mol. The van der Waals surface area contributed by atoms with Gasteiger partial charge in [0, 0.05) is 18.5 Å². The number of rotatable bonds is 2. The van der Waals surface area contributed by atoms with E-state index in [4.69, 9.17) is 9.26 Å². The third-order valence-corrected chi connectivity index (χ3v) is 2.45. The van der Waals surface area contributed by atoms with Crippen LogP contribution in [-0.4, -0.2) is 21.1 Å². The number of fused-ring (bicyclic) bond motifs is 1. The normalized spacial score (nSPS) is 10.7. The maximum atomic E-state index is 11.9. The van der Waals surface area contributed by atoms with Crippen LogP contribution in [0.3, 0.4) is 0 Å². The summed E-state index contributed by atoms with van der Waals surface area (Å²) < 4.78 is 9.88. The maximum absolute atomic E-state index is 11.9. The highest BCUT2D eigenvalue weighted by Gasteiger charge is 2.16. The molecule has 0 aromatic carbocycles. The van der Waals surface area contributed by atoms with Crippen LogP contribution in [0.15, 0.2) is 35.1 Å². The molecule has 3 rings (SSSR count). The highest BCUT2D eigenvalue weighted by Crippen LogP contribution is 2.18. The van der Waals surface area contributed by atoms with Gasteiger partial charge in [-0.15, -0.1) is 0 Å². The topological polar surface area (TPSA) is 81.0 Å². The molecule has 0 aliphatic carbocycles. The Balaban J connectivity index is 1.92. The molecule has 0 atom stereocenters. The molecule has 1 N–H and O–H groups in total. The summed E-state index contributed by atoms with van der Waals surface area (Å²) in [7, 11) is 0. The number of aromatic amines is 1. The van der Waals surface area contributed by atoms with Crippen LogP contribution < -0.4 is 4.74 Å². The molecule has 3 heterocycles. The van der Waals surface area contributed by atoms with Crippen LogP contribution in [0.25, 0.3) is 11.0 Å². The van der Waals surface area contributed by atoms with Crippen LogP contribution in [0.1, 0.15) is 16.1 Å². The second-order valence-corrected chi connectivity index (χ2v) is 3.78. The number of esters is 1. The zero-order chi connectivity index (χ0) is 12.5. The predicted molar refractivity (Wildman–Crippen MR) is 62.3 cm³/mol. The van der Waals surface area contributed by atoms with E-state index in [0.29, 0.717) is 16.8 Å². The van der Waals surface area contributed by atoms with Crippen molar-refractivity contribution in [3.8, 4) is 5.95 Å². The number of hydrogen-bond acceptors (Lipinski definition) is 5. The molecule has 3 aromatic rings. The van der Waals surface area contributed by atoms with Gasteiger partial charge < -0.3 is 14.2 Å². The van der Waals surface area contributed by atoms with Gasteiger partial charge in [-0.3, -0.25) is 4.98 Å². The van der Waals surface area contributed by atoms with E-state index in [0.717, 1.165) is 5.52 Å². The second-order valence-electron chi connectivity index (χ2n) is 3.78. The Kier molecular flexibility index (Phi) is 2.33. The maximum Gasteiger partial charge on any atom is 0.349 e. The van der Waals surface area contributed by atoms with E-state index in [2.05, 4.69) is 15.1 Å². The third kappa shape index (κ3) is 1.73. The first-order chi connectivity index (χ1) is 8.74. The molecule has 6 nitrogen and oxygen atoms in total. The summed E-state index contributed by atoms with van der Waals surface area (Å²) in [6, 6.07) is 5.16. The molecule has 0 radical (unpaired) electrons. The Morgan fingerprint density at radius 3 is 3.17 bits per heavy atom. The molecule has 0 aliphatic rings. The minimum absolute atomic E-state index is 0.0720. The lowest BCUT2D eigenvalue weighted by atomic mass is 10.3. The van der Waals surface area contributed by atoms with Gasteiger partial charge in [-0.05, 0) is 19.1 Å². The first-order valence-electron chi connectivity index (χ1n) is 5.31. The van der Waals surface area contributed by atoms with Crippen LogP contribution in [0.4, 0.5) is 0 Å². The largest absolute Gasteiger partial charge is 0.387 e. The molecule has 0 fully saturated rings. The molecule has 18 heavy (non-hydrogen) atoms. The lowest BCUT2D eigenvalue weighted by Gasteiger charge is -1.97. The summed E-state index contributed by atoms with van der Waals surface area (Å²) in [5, 5.41) is 3.64. The van der Waals surface area contributed by atoms with Crippen molar-refractivity contribution in [2.45, 2.75) is 6.92 Å². The lowest BCUT2D eigenvalue weighted by Crippen LogP contribution is -2.07. The van der Waals surface area contributed by atoms with Crippen LogP contribution >= 0.6 is 0 Å². The zero-order valence-corrected chi connectivity index (χ0v) is 9.51. The quantitative estimate of drug-likeness (QED) is 0.697. The smallest absolute Gasteiger partial charge is 0.349 e. The van der Waals surface area contributed by atoms with E-state index in [1.165, 1.54) is 0 Å². The van der Waals surface area contributed by atoms with Crippen molar-refractivity contribution < 1.29 is 14.1 Å². The van der Waals surface area contributed by atoms with E-state index in [1.54, 1.807) is 31.5 Å². The van der Waals surface area contributed by atoms with Crippen molar-refractivity contribution in [3.63, 3.8) is 0 Å². The lowest BCUT2D eigenvalue weighted by molar-refractivity contribution is 0.0682. The molecule has 90 valence electrons. The Hall–Kier alpha value is -2.63. The van der Waals surface area contributed by atoms with Gasteiger partial charge in [0.2, 0.25) is 0 Å². The predicted octanol–water partition coefficient (Wildman–Crippen LogP) is 2.08. The van der Waals surface area contributed by atoms with Gasteiger partial charge in [0.15, 0.2) is 0 Å². The third-order valence-electron chi connectivity index (χ3n) is 2.45. The number of nitrogens with zero attached hydrogens (tertiary/aromatic N) is 2. The molecule has 0 aliphatic heterocycles. The number of carbonyl (C=O) groups is 1. The van der Waals surface area contributed by atoms with Crippen LogP contribution in [0.5, 0.6) is 5.95 Å². The number of ether oxygens (including phenoxy) is 1. The number of pyridine rings is 1. The van der Waals surface area contributed by atoms with Crippen molar-refractivity contribution in [1.82, 2.24) is 15.1 Å². The summed E-state index contributed by atoms with van der Waals surface area (Å²) in [5.74, 6) is -0.459. The fourth-order valence-electron chi connectivity index (χ4n) is 1.64. The Labute approximate surface area is 102 Å². The summed E-state index contributed by atoms with van der Waals surface area (Å²) in [6.45, 7) is 1.74. The fourth-order valence-corrected chi connectivity index (χ4v) is 1.64. The van der Waals surface area contributed by atoms with Crippen LogP contribution in [0, 0.1) is 6.92 Å². The zero-order valence-electron chi connectivity index (χ0n) is 9.51.